The van der Waals surface area contributed by atoms with Crippen LogP contribution in [-0.4, -0.2) is 36.5 Å². The maximum absolute atomic E-state index is 13.8. The van der Waals surface area contributed by atoms with Gasteiger partial charge in [-0.1, -0.05) is 31.0 Å². The van der Waals surface area contributed by atoms with E-state index in [1.54, 1.807) is 13.0 Å². The minimum absolute atomic E-state index is 0. The fraction of sp³-hybridized carbons (Fsp3) is 0.611. The Morgan fingerprint density at radius 3 is 2.80 bits per heavy atom. The molecule has 1 aromatic carbocycles. The van der Waals surface area contributed by atoms with E-state index in [1.165, 1.54) is 6.07 Å². The average Bonchev–Trinajstić information content (AvgIpc) is 2.88. The second-order valence-electron chi connectivity index (χ2n) is 7.03. The number of amides is 1. The van der Waals surface area contributed by atoms with Gasteiger partial charge < -0.3 is 11.1 Å². The Labute approximate surface area is 160 Å². The van der Waals surface area contributed by atoms with Crippen LogP contribution in [0, 0.1) is 11.7 Å². The van der Waals surface area contributed by atoms with Crippen molar-refractivity contribution in [2.45, 2.75) is 44.7 Å². The summed E-state index contributed by atoms with van der Waals surface area (Å²) in [4.78, 5) is 14.5. The van der Waals surface area contributed by atoms with Crippen LogP contribution in [-0.2, 0) is 4.79 Å². The Kier molecular flexibility index (Phi) is 8.13. The number of nitrogens with two attached hydrogens (primary N) is 1. The minimum atomic E-state index is -0.846. The Hall–Kier alpha value is -0.880. The first-order valence-corrected chi connectivity index (χ1v) is 8.86. The molecular weight excluding hydrogens is 364 g/mol. The molecule has 1 heterocycles. The van der Waals surface area contributed by atoms with Crippen LogP contribution < -0.4 is 11.1 Å². The van der Waals surface area contributed by atoms with Crippen molar-refractivity contribution in [1.29, 1.82) is 0 Å². The van der Waals surface area contributed by atoms with Gasteiger partial charge in [-0.3, -0.25) is 9.69 Å². The highest BCUT2D eigenvalue weighted by Gasteiger charge is 2.35. The van der Waals surface area contributed by atoms with Crippen LogP contribution in [0.25, 0.3) is 0 Å². The summed E-state index contributed by atoms with van der Waals surface area (Å²) in [6.07, 6.45) is 2.45. The molecule has 3 N–H and O–H groups in total. The fourth-order valence-corrected chi connectivity index (χ4v) is 3.64. The second kappa shape index (κ2) is 9.17. The van der Waals surface area contributed by atoms with Gasteiger partial charge in [0.1, 0.15) is 5.82 Å². The van der Waals surface area contributed by atoms with Gasteiger partial charge in [-0.15, -0.1) is 12.4 Å². The molecule has 25 heavy (non-hydrogen) atoms. The molecule has 142 valence electrons. The van der Waals surface area contributed by atoms with Crippen molar-refractivity contribution >= 4 is 29.9 Å². The van der Waals surface area contributed by atoms with Crippen molar-refractivity contribution in [3.63, 3.8) is 0 Å². The molecule has 3 unspecified atom stereocenters. The molecule has 1 aliphatic heterocycles. The predicted molar refractivity (Wildman–Crippen MR) is 103 cm³/mol. The molecule has 1 aromatic rings. The lowest BCUT2D eigenvalue weighted by Gasteiger charge is -2.28. The molecule has 2 rings (SSSR count). The Morgan fingerprint density at radius 2 is 2.20 bits per heavy atom. The van der Waals surface area contributed by atoms with E-state index in [9.17, 15) is 9.18 Å². The number of hydrogen-bond donors (Lipinski definition) is 2. The molecular formula is C18H28Cl2FN3O. The molecule has 1 fully saturated rings. The van der Waals surface area contributed by atoms with E-state index in [0.717, 1.165) is 24.9 Å². The van der Waals surface area contributed by atoms with Crippen LogP contribution >= 0.6 is 24.0 Å². The van der Waals surface area contributed by atoms with Crippen LogP contribution in [0.3, 0.4) is 0 Å². The molecule has 1 saturated heterocycles. The standard InChI is InChI=1S/C18H27ClFN3O.ClH/c1-4-8-18(2,21)17(24)22-11-13-7-9-23(3)16(13)12-5-6-14(19)15(20)10-12;/h5-6,10,13,16H,4,7-9,11,21H2,1-3H3,(H,22,24);1H. The largest absolute Gasteiger partial charge is 0.354 e. The number of nitrogens with one attached hydrogen (secondary N) is 1. The highest BCUT2D eigenvalue weighted by atomic mass is 35.5. The number of rotatable bonds is 6. The summed E-state index contributed by atoms with van der Waals surface area (Å²) in [5.41, 5.74) is 6.12. The predicted octanol–water partition coefficient (Wildman–Crippen LogP) is 3.53. The van der Waals surface area contributed by atoms with Crippen LogP contribution in [0.2, 0.25) is 5.02 Å². The molecule has 1 aliphatic rings. The summed E-state index contributed by atoms with van der Waals surface area (Å²) in [7, 11) is 2.02. The van der Waals surface area contributed by atoms with Gasteiger partial charge in [0.2, 0.25) is 5.91 Å². The third kappa shape index (κ3) is 5.30. The van der Waals surface area contributed by atoms with E-state index in [1.807, 2.05) is 20.0 Å². The molecule has 0 saturated carbocycles. The number of nitrogens with zero attached hydrogens (tertiary/aromatic N) is 1. The number of likely N-dealkylation sites (tertiary alicyclic amines) is 1. The summed E-state index contributed by atoms with van der Waals surface area (Å²) < 4.78 is 13.8. The monoisotopic (exact) mass is 391 g/mol. The number of hydrogen-bond acceptors (Lipinski definition) is 3. The van der Waals surface area contributed by atoms with Crippen LogP contribution in [0.1, 0.15) is 44.7 Å². The van der Waals surface area contributed by atoms with Gasteiger partial charge in [0.15, 0.2) is 0 Å². The van der Waals surface area contributed by atoms with Gasteiger partial charge in [-0.25, -0.2) is 4.39 Å². The number of carbonyl (C=O) groups is 1. The number of halogens is 3. The zero-order valence-electron chi connectivity index (χ0n) is 15.0. The lowest BCUT2D eigenvalue weighted by atomic mass is 9.92. The van der Waals surface area contributed by atoms with Crippen molar-refractivity contribution in [3.05, 3.63) is 34.6 Å². The lowest BCUT2D eigenvalue weighted by molar-refractivity contribution is -0.126. The number of benzene rings is 1. The summed E-state index contributed by atoms with van der Waals surface area (Å²) in [5.74, 6) is -0.313. The first-order chi connectivity index (χ1) is 11.3. The SMILES string of the molecule is CCCC(C)(N)C(=O)NCC1CCN(C)C1c1ccc(Cl)c(F)c1.Cl. The molecule has 0 bridgehead atoms. The van der Waals surface area contributed by atoms with Gasteiger partial charge in [-0.2, -0.15) is 0 Å². The second-order valence-corrected chi connectivity index (χ2v) is 7.43. The van der Waals surface area contributed by atoms with Gasteiger partial charge in [0.25, 0.3) is 0 Å². The van der Waals surface area contributed by atoms with Crippen molar-refractivity contribution in [3.8, 4) is 0 Å². The van der Waals surface area contributed by atoms with E-state index in [0.29, 0.717) is 13.0 Å². The van der Waals surface area contributed by atoms with Gasteiger partial charge in [0.05, 0.1) is 10.6 Å². The smallest absolute Gasteiger partial charge is 0.239 e. The van der Waals surface area contributed by atoms with E-state index >= 15 is 0 Å². The van der Waals surface area contributed by atoms with E-state index in [2.05, 4.69) is 10.2 Å². The zero-order valence-corrected chi connectivity index (χ0v) is 16.6. The topological polar surface area (TPSA) is 58.4 Å². The van der Waals surface area contributed by atoms with E-state index < -0.39 is 11.4 Å². The quantitative estimate of drug-likeness (QED) is 0.779. The highest BCUT2D eigenvalue weighted by Crippen LogP contribution is 2.36. The molecule has 0 aromatic heterocycles. The fourth-order valence-electron chi connectivity index (χ4n) is 3.52. The third-order valence-corrected chi connectivity index (χ3v) is 5.18. The molecule has 0 spiro atoms. The van der Waals surface area contributed by atoms with Gasteiger partial charge >= 0.3 is 0 Å². The molecule has 4 nitrogen and oxygen atoms in total. The molecule has 3 atom stereocenters. The summed E-state index contributed by atoms with van der Waals surface area (Å²) >= 11 is 5.78. The Bertz CT molecular complexity index is 598. The maximum Gasteiger partial charge on any atom is 0.239 e. The van der Waals surface area contributed by atoms with Crippen molar-refractivity contribution in [1.82, 2.24) is 10.2 Å². The van der Waals surface area contributed by atoms with E-state index in [-0.39, 0.29) is 35.3 Å². The van der Waals surface area contributed by atoms with Crippen LogP contribution in [0.15, 0.2) is 18.2 Å². The molecule has 7 heteroatoms. The highest BCUT2D eigenvalue weighted by molar-refractivity contribution is 6.30. The van der Waals surface area contributed by atoms with Crippen molar-refractivity contribution in [2.75, 3.05) is 20.1 Å². The first kappa shape index (κ1) is 22.2. The van der Waals surface area contributed by atoms with Crippen LogP contribution in [0.4, 0.5) is 4.39 Å². The zero-order chi connectivity index (χ0) is 17.9. The van der Waals surface area contributed by atoms with Crippen molar-refractivity contribution in [2.24, 2.45) is 11.7 Å². The lowest BCUT2D eigenvalue weighted by Crippen LogP contribution is -2.52. The van der Waals surface area contributed by atoms with Gasteiger partial charge in [0, 0.05) is 12.6 Å². The first-order valence-electron chi connectivity index (χ1n) is 8.48. The van der Waals surface area contributed by atoms with Gasteiger partial charge in [-0.05, 0) is 57.0 Å². The van der Waals surface area contributed by atoms with Crippen LogP contribution in [0.5, 0.6) is 0 Å². The normalized spacial score (nSPS) is 23.0. The Balaban J connectivity index is 0.00000312. The minimum Gasteiger partial charge on any atom is -0.354 e. The summed E-state index contributed by atoms with van der Waals surface area (Å²) in [5, 5.41) is 3.11. The Morgan fingerprint density at radius 1 is 1.52 bits per heavy atom. The molecule has 1 amide bonds. The molecule has 0 radical (unpaired) electrons. The summed E-state index contributed by atoms with van der Waals surface area (Å²) in [6.45, 7) is 5.22. The molecule has 0 aliphatic carbocycles. The average molecular weight is 392 g/mol. The maximum atomic E-state index is 13.8. The number of carbonyl (C=O) groups excluding carboxylic acids is 1. The van der Waals surface area contributed by atoms with E-state index in [4.69, 9.17) is 17.3 Å². The van der Waals surface area contributed by atoms with Crippen molar-refractivity contribution < 1.29 is 9.18 Å². The summed E-state index contributed by atoms with van der Waals surface area (Å²) in [6, 6.07) is 5.00. The third-order valence-electron chi connectivity index (χ3n) is 4.87.